The lowest BCUT2D eigenvalue weighted by Crippen LogP contribution is -2.41. The summed E-state index contributed by atoms with van der Waals surface area (Å²) < 4.78 is 0. The first kappa shape index (κ1) is 18.7. The molecule has 152 valence electrons. The number of aromatic nitrogens is 2. The average Bonchev–Trinajstić information content (AvgIpc) is 3.40. The molecule has 0 bridgehead atoms. The van der Waals surface area contributed by atoms with E-state index in [0.717, 1.165) is 35.6 Å². The fraction of sp³-hybridized carbons (Fsp3) is 0.435. The van der Waals surface area contributed by atoms with E-state index in [-0.39, 0.29) is 17.7 Å². The molecule has 30 heavy (non-hydrogen) atoms. The molecule has 0 amide bonds. The molecule has 0 spiro atoms. The summed E-state index contributed by atoms with van der Waals surface area (Å²) in [7, 11) is 0. The highest BCUT2D eigenvalue weighted by molar-refractivity contribution is 6.07. The van der Waals surface area contributed by atoms with Gasteiger partial charge >= 0.3 is 5.97 Å². The average molecular weight is 401 g/mol. The van der Waals surface area contributed by atoms with Gasteiger partial charge in [0.15, 0.2) is 0 Å². The van der Waals surface area contributed by atoms with Crippen LogP contribution in [0.4, 0.5) is 5.82 Å². The van der Waals surface area contributed by atoms with Crippen molar-refractivity contribution in [1.82, 2.24) is 9.97 Å². The Balaban J connectivity index is 1.59. The molecular weight excluding hydrogens is 378 g/mol. The third-order valence-electron chi connectivity index (χ3n) is 6.73. The first-order chi connectivity index (χ1) is 14.6. The van der Waals surface area contributed by atoms with Crippen molar-refractivity contribution in [2.45, 2.75) is 51.5 Å². The van der Waals surface area contributed by atoms with Gasteiger partial charge in [0.05, 0.1) is 28.7 Å². The van der Waals surface area contributed by atoms with Crippen LogP contribution in [0.25, 0.3) is 0 Å². The number of nitrogens with zero attached hydrogens (tertiary/aromatic N) is 5. The molecule has 1 fully saturated rings. The minimum Gasteiger partial charge on any atom is -0.477 e. The lowest BCUT2D eigenvalue weighted by molar-refractivity contribution is 0.0690. The fourth-order valence-electron chi connectivity index (χ4n) is 5.31. The molecule has 3 aliphatic rings. The van der Waals surface area contributed by atoms with E-state index in [2.05, 4.69) is 16.1 Å². The van der Waals surface area contributed by atoms with Crippen LogP contribution in [-0.4, -0.2) is 32.8 Å². The number of aryl methyl sites for hydroxylation is 2. The molecule has 0 radical (unpaired) electrons. The van der Waals surface area contributed by atoms with Crippen molar-refractivity contribution in [3.05, 3.63) is 52.5 Å². The van der Waals surface area contributed by atoms with E-state index in [1.165, 1.54) is 25.7 Å². The molecule has 1 aliphatic heterocycles. The van der Waals surface area contributed by atoms with Gasteiger partial charge in [-0.25, -0.2) is 19.8 Å². The van der Waals surface area contributed by atoms with Crippen molar-refractivity contribution in [3.63, 3.8) is 0 Å². The molecule has 2 atom stereocenters. The Morgan fingerprint density at radius 2 is 1.97 bits per heavy atom. The normalized spacial score (nSPS) is 22.9. The van der Waals surface area contributed by atoms with Crippen molar-refractivity contribution >= 4 is 17.5 Å². The second kappa shape index (κ2) is 7.21. The van der Waals surface area contributed by atoms with E-state index in [1.54, 1.807) is 6.07 Å². The van der Waals surface area contributed by atoms with Gasteiger partial charge in [-0.1, -0.05) is 12.8 Å². The Labute approximate surface area is 175 Å². The molecule has 2 aliphatic carbocycles. The highest BCUT2D eigenvalue weighted by Crippen LogP contribution is 2.44. The van der Waals surface area contributed by atoms with Crippen LogP contribution >= 0.6 is 0 Å². The second-order valence-corrected chi connectivity index (χ2v) is 8.42. The number of rotatable bonds is 3. The lowest BCUT2D eigenvalue weighted by atomic mass is 9.76. The number of anilines is 1. The summed E-state index contributed by atoms with van der Waals surface area (Å²) in [5.41, 5.74) is 4.16. The second-order valence-electron chi connectivity index (χ2n) is 8.42. The van der Waals surface area contributed by atoms with E-state index < -0.39 is 5.97 Å². The minimum atomic E-state index is -1.00. The fourth-order valence-corrected chi connectivity index (χ4v) is 5.31. The largest absolute Gasteiger partial charge is 0.477 e. The van der Waals surface area contributed by atoms with Gasteiger partial charge in [0.25, 0.3) is 0 Å². The SMILES string of the molecule is Cc1nc(N2N=C3c4ccc(C(=O)O)nc4CCC3C2C2CCCC2)ccc1C#N. The van der Waals surface area contributed by atoms with Crippen LogP contribution < -0.4 is 5.01 Å². The number of nitriles is 1. The van der Waals surface area contributed by atoms with Crippen LogP contribution in [0.5, 0.6) is 0 Å². The smallest absolute Gasteiger partial charge is 0.354 e. The van der Waals surface area contributed by atoms with Gasteiger partial charge in [0.2, 0.25) is 0 Å². The number of aromatic carboxylic acids is 1. The van der Waals surface area contributed by atoms with E-state index in [4.69, 9.17) is 10.1 Å². The quantitative estimate of drug-likeness (QED) is 0.841. The van der Waals surface area contributed by atoms with Gasteiger partial charge in [-0.05, 0) is 62.8 Å². The summed E-state index contributed by atoms with van der Waals surface area (Å²) in [6.07, 6.45) is 6.55. The molecule has 2 unspecified atom stereocenters. The Kier molecular flexibility index (Phi) is 4.50. The Bertz CT molecular complexity index is 1100. The van der Waals surface area contributed by atoms with Gasteiger partial charge < -0.3 is 5.11 Å². The molecule has 1 saturated carbocycles. The number of pyridine rings is 2. The van der Waals surface area contributed by atoms with Crippen LogP contribution in [0.2, 0.25) is 0 Å². The molecule has 0 aromatic carbocycles. The van der Waals surface area contributed by atoms with E-state index in [1.807, 2.05) is 25.1 Å². The third kappa shape index (κ3) is 2.95. The highest BCUT2D eigenvalue weighted by atomic mass is 16.4. The Morgan fingerprint density at radius 3 is 2.67 bits per heavy atom. The van der Waals surface area contributed by atoms with Crippen molar-refractivity contribution in [2.75, 3.05) is 5.01 Å². The summed E-state index contributed by atoms with van der Waals surface area (Å²) in [5, 5.41) is 25.7. The zero-order valence-corrected chi connectivity index (χ0v) is 16.9. The van der Waals surface area contributed by atoms with Gasteiger partial charge in [-0.2, -0.15) is 10.4 Å². The summed E-state index contributed by atoms with van der Waals surface area (Å²) in [6, 6.07) is 9.58. The number of hydrogen-bond donors (Lipinski definition) is 1. The third-order valence-corrected chi connectivity index (χ3v) is 6.73. The first-order valence-electron chi connectivity index (χ1n) is 10.6. The maximum absolute atomic E-state index is 11.3. The number of carbonyl (C=O) groups is 1. The molecule has 1 N–H and O–H groups in total. The molecule has 3 heterocycles. The molecule has 2 aromatic rings. The molecule has 7 heteroatoms. The van der Waals surface area contributed by atoms with Gasteiger partial charge in [-0.15, -0.1) is 0 Å². The molecule has 7 nitrogen and oxygen atoms in total. The van der Waals surface area contributed by atoms with Gasteiger partial charge in [0.1, 0.15) is 17.6 Å². The Hall–Kier alpha value is -3.27. The summed E-state index contributed by atoms with van der Waals surface area (Å²) in [4.78, 5) is 20.4. The van der Waals surface area contributed by atoms with Crippen LogP contribution in [-0.2, 0) is 6.42 Å². The zero-order chi connectivity index (χ0) is 20.8. The van der Waals surface area contributed by atoms with Crippen molar-refractivity contribution in [2.24, 2.45) is 16.9 Å². The topological polar surface area (TPSA) is 102 Å². The van der Waals surface area contributed by atoms with Crippen LogP contribution in [0, 0.1) is 30.1 Å². The maximum atomic E-state index is 11.3. The molecular formula is C23H23N5O2. The number of hydrazone groups is 1. The monoisotopic (exact) mass is 401 g/mol. The van der Waals surface area contributed by atoms with Crippen LogP contribution in [0.1, 0.15) is 65.1 Å². The number of fused-ring (bicyclic) bond motifs is 3. The van der Waals surface area contributed by atoms with E-state index >= 15 is 0 Å². The maximum Gasteiger partial charge on any atom is 0.354 e. The van der Waals surface area contributed by atoms with E-state index in [9.17, 15) is 15.2 Å². The first-order valence-corrected chi connectivity index (χ1v) is 10.6. The summed E-state index contributed by atoms with van der Waals surface area (Å²) in [5.74, 6) is 0.621. The molecule has 0 saturated heterocycles. The predicted octanol–water partition coefficient (Wildman–Crippen LogP) is 3.70. The standard InChI is InChI=1S/C23H23N5O2/c1-13-15(12-24)6-11-20(25-13)28-22(14-4-2-3-5-14)17-8-9-18-16(21(17)27-28)7-10-19(26-18)23(29)30/h6-7,10-11,14,17,22H,2-5,8-9H2,1H3,(H,29,30). The number of hydrogen-bond acceptors (Lipinski definition) is 6. The van der Waals surface area contributed by atoms with Crippen LogP contribution in [0.15, 0.2) is 29.4 Å². The zero-order valence-electron chi connectivity index (χ0n) is 16.9. The Morgan fingerprint density at radius 1 is 1.17 bits per heavy atom. The predicted molar refractivity (Wildman–Crippen MR) is 111 cm³/mol. The van der Waals surface area contributed by atoms with Crippen molar-refractivity contribution < 1.29 is 9.90 Å². The summed E-state index contributed by atoms with van der Waals surface area (Å²) >= 11 is 0. The van der Waals surface area contributed by atoms with Gasteiger partial charge in [0, 0.05) is 11.5 Å². The highest BCUT2D eigenvalue weighted by Gasteiger charge is 2.46. The van der Waals surface area contributed by atoms with Crippen molar-refractivity contribution in [1.29, 1.82) is 5.26 Å². The minimum absolute atomic E-state index is 0.0828. The number of carboxylic acid groups (broad SMARTS) is 1. The lowest BCUT2D eigenvalue weighted by Gasteiger charge is -2.33. The van der Waals surface area contributed by atoms with Crippen molar-refractivity contribution in [3.8, 4) is 6.07 Å². The summed E-state index contributed by atoms with van der Waals surface area (Å²) in [6.45, 7) is 1.86. The van der Waals surface area contributed by atoms with E-state index in [0.29, 0.717) is 17.2 Å². The van der Waals surface area contributed by atoms with Gasteiger partial charge in [-0.3, -0.25) is 0 Å². The molecule has 2 aromatic heterocycles. The van der Waals surface area contributed by atoms with Crippen LogP contribution in [0.3, 0.4) is 0 Å². The number of carboxylic acids is 1. The molecule has 5 rings (SSSR count).